The predicted octanol–water partition coefficient (Wildman–Crippen LogP) is 4.54. The highest BCUT2D eigenvalue weighted by Crippen LogP contribution is 2.26. The van der Waals surface area contributed by atoms with Crippen LogP contribution in [0.4, 0.5) is 5.69 Å². The van der Waals surface area contributed by atoms with E-state index in [0.717, 1.165) is 30.4 Å². The zero-order chi connectivity index (χ0) is 21.1. The predicted molar refractivity (Wildman–Crippen MR) is 115 cm³/mol. The first-order valence-corrected chi connectivity index (χ1v) is 10.2. The monoisotopic (exact) mass is 426 g/mol. The molecule has 4 rings (SSSR count). The summed E-state index contributed by atoms with van der Waals surface area (Å²) in [6.07, 6.45) is 2.01. The Kier molecular flexibility index (Phi) is 6.06. The average Bonchev–Trinajstić information content (AvgIpc) is 3.26. The largest absolute Gasteiger partial charge is 0.493 e. The van der Waals surface area contributed by atoms with Gasteiger partial charge in [-0.15, -0.1) is 0 Å². The van der Waals surface area contributed by atoms with E-state index in [9.17, 15) is 4.79 Å². The molecule has 1 aliphatic rings. The van der Waals surface area contributed by atoms with Crippen LogP contribution in [0.5, 0.6) is 5.75 Å². The van der Waals surface area contributed by atoms with Gasteiger partial charge in [0.1, 0.15) is 5.56 Å². The van der Waals surface area contributed by atoms with Crippen molar-refractivity contribution in [2.45, 2.75) is 25.9 Å². The summed E-state index contributed by atoms with van der Waals surface area (Å²) in [6.45, 7) is 3.10. The van der Waals surface area contributed by atoms with Gasteiger partial charge < -0.3 is 19.2 Å². The van der Waals surface area contributed by atoms with Gasteiger partial charge in [-0.3, -0.25) is 4.79 Å². The molecule has 1 atom stereocenters. The number of halogens is 1. The molecule has 1 aromatic heterocycles. The number of hydrogen-bond acceptors (Lipinski definition) is 5. The third kappa shape index (κ3) is 4.35. The number of aryl methyl sites for hydroxylation is 1. The maximum atomic E-state index is 13.0. The van der Waals surface area contributed by atoms with Gasteiger partial charge >= 0.3 is 0 Å². The molecule has 0 unspecified atom stereocenters. The minimum Gasteiger partial charge on any atom is -0.493 e. The van der Waals surface area contributed by atoms with Gasteiger partial charge in [0.25, 0.3) is 5.91 Å². The Morgan fingerprint density at radius 2 is 2.17 bits per heavy atom. The fourth-order valence-electron chi connectivity index (χ4n) is 3.49. The number of para-hydroxylation sites is 1. The number of fused-ring (bicyclic) bond motifs is 1. The highest BCUT2D eigenvalue weighted by atomic mass is 35.5. The zero-order valence-corrected chi connectivity index (χ0v) is 17.7. The van der Waals surface area contributed by atoms with Gasteiger partial charge in [0, 0.05) is 23.6 Å². The lowest BCUT2D eigenvalue weighted by molar-refractivity contribution is 0.0854. The number of carbonyl (C=O) groups excluding carboxylic acids is 1. The Hall–Kier alpha value is -2.83. The van der Waals surface area contributed by atoms with Gasteiger partial charge in [-0.2, -0.15) is 0 Å². The molecule has 1 amide bonds. The third-order valence-electron chi connectivity index (χ3n) is 5.10. The molecule has 1 fully saturated rings. The lowest BCUT2D eigenvalue weighted by Crippen LogP contribution is -2.34. The SMILES string of the molecule is COc1cccc2cc(C(=O)NC[C@@H]3CCCO3)c(=Nc3ccc(Cl)cc3C)oc12. The number of hydrogen-bond donors (Lipinski definition) is 1. The van der Waals surface area contributed by atoms with Crippen LogP contribution in [-0.2, 0) is 4.74 Å². The lowest BCUT2D eigenvalue weighted by atomic mass is 10.1. The number of nitrogens with one attached hydrogen (secondary N) is 1. The fraction of sp³-hybridized carbons (Fsp3) is 0.304. The molecule has 2 heterocycles. The van der Waals surface area contributed by atoms with Crippen molar-refractivity contribution in [3.05, 3.63) is 64.2 Å². The van der Waals surface area contributed by atoms with Crippen molar-refractivity contribution in [1.82, 2.24) is 5.32 Å². The van der Waals surface area contributed by atoms with Gasteiger partial charge in [-0.1, -0.05) is 23.7 Å². The topological polar surface area (TPSA) is 73.1 Å². The first kappa shape index (κ1) is 20.4. The van der Waals surface area contributed by atoms with E-state index in [2.05, 4.69) is 10.3 Å². The van der Waals surface area contributed by atoms with Gasteiger partial charge in [0.05, 0.1) is 18.9 Å². The van der Waals surface area contributed by atoms with E-state index in [1.54, 1.807) is 31.4 Å². The number of benzene rings is 2. The number of carbonyl (C=O) groups is 1. The van der Waals surface area contributed by atoms with E-state index >= 15 is 0 Å². The summed E-state index contributed by atoms with van der Waals surface area (Å²) in [4.78, 5) is 17.6. The van der Waals surface area contributed by atoms with Crippen molar-refractivity contribution in [2.75, 3.05) is 20.3 Å². The van der Waals surface area contributed by atoms with Crippen LogP contribution in [0.2, 0.25) is 5.02 Å². The Labute approximate surface area is 179 Å². The first-order valence-electron chi connectivity index (χ1n) is 9.86. The molecule has 7 heteroatoms. The van der Waals surface area contributed by atoms with Crippen molar-refractivity contribution >= 4 is 34.2 Å². The highest BCUT2D eigenvalue weighted by Gasteiger charge is 2.19. The van der Waals surface area contributed by atoms with E-state index < -0.39 is 0 Å². The second-order valence-electron chi connectivity index (χ2n) is 7.23. The number of ether oxygens (including phenoxy) is 2. The highest BCUT2D eigenvalue weighted by molar-refractivity contribution is 6.30. The normalized spacial score (nSPS) is 16.8. The zero-order valence-electron chi connectivity index (χ0n) is 16.9. The van der Waals surface area contributed by atoms with Crippen LogP contribution >= 0.6 is 11.6 Å². The number of nitrogens with zero attached hydrogens (tertiary/aromatic N) is 1. The molecule has 2 aromatic carbocycles. The smallest absolute Gasteiger partial charge is 0.256 e. The van der Waals surface area contributed by atoms with Crippen LogP contribution in [0.15, 0.2) is 51.9 Å². The van der Waals surface area contributed by atoms with Gasteiger partial charge in [-0.05, 0) is 55.7 Å². The van der Waals surface area contributed by atoms with Gasteiger partial charge in [0.15, 0.2) is 11.3 Å². The van der Waals surface area contributed by atoms with Crippen molar-refractivity contribution in [2.24, 2.45) is 4.99 Å². The van der Waals surface area contributed by atoms with Gasteiger partial charge in [0.2, 0.25) is 5.55 Å². The summed E-state index contributed by atoms with van der Waals surface area (Å²) in [5.41, 5.74) is 2.64. The quantitative estimate of drug-likeness (QED) is 0.649. The summed E-state index contributed by atoms with van der Waals surface area (Å²) in [7, 11) is 1.58. The molecular weight excluding hydrogens is 404 g/mol. The van der Waals surface area contributed by atoms with Crippen molar-refractivity contribution in [1.29, 1.82) is 0 Å². The van der Waals surface area contributed by atoms with Crippen molar-refractivity contribution in [3.63, 3.8) is 0 Å². The average molecular weight is 427 g/mol. The molecule has 0 aliphatic carbocycles. The maximum absolute atomic E-state index is 13.0. The Morgan fingerprint density at radius 1 is 1.30 bits per heavy atom. The summed E-state index contributed by atoms with van der Waals surface area (Å²) in [5.74, 6) is 0.312. The minimum absolute atomic E-state index is 0.0466. The minimum atomic E-state index is -0.260. The standard InChI is InChI=1S/C23H23ClN2O4/c1-14-11-16(24)8-9-19(14)26-23-18(22(27)25-13-17-6-4-10-29-17)12-15-5-3-7-20(28-2)21(15)30-23/h3,5,7-9,11-12,17H,4,6,10,13H2,1-2H3,(H,25,27)/t17-/m0/s1. The molecule has 3 aromatic rings. The van der Waals surface area contributed by atoms with Crippen LogP contribution < -0.4 is 15.6 Å². The van der Waals surface area contributed by atoms with Crippen LogP contribution in [0.3, 0.4) is 0 Å². The molecule has 1 N–H and O–H groups in total. The summed E-state index contributed by atoms with van der Waals surface area (Å²) >= 11 is 6.07. The molecule has 0 radical (unpaired) electrons. The van der Waals surface area contributed by atoms with E-state index in [-0.39, 0.29) is 17.6 Å². The Bertz CT molecular complexity index is 1150. The van der Waals surface area contributed by atoms with Gasteiger partial charge in [-0.25, -0.2) is 4.99 Å². The third-order valence-corrected chi connectivity index (χ3v) is 5.33. The summed E-state index contributed by atoms with van der Waals surface area (Å²) in [5, 5.41) is 4.32. The van der Waals surface area contributed by atoms with Crippen molar-refractivity contribution in [3.8, 4) is 5.75 Å². The van der Waals surface area contributed by atoms with Crippen LogP contribution in [0, 0.1) is 6.92 Å². The molecule has 1 saturated heterocycles. The Balaban J connectivity index is 1.81. The van der Waals surface area contributed by atoms with E-state index in [1.807, 2.05) is 25.1 Å². The number of methoxy groups -OCH3 is 1. The van der Waals surface area contributed by atoms with Crippen LogP contribution in [0.1, 0.15) is 28.8 Å². The summed E-state index contributed by atoms with van der Waals surface area (Å²) in [6, 6.07) is 12.7. The Morgan fingerprint density at radius 3 is 2.90 bits per heavy atom. The van der Waals surface area contributed by atoms with E-state index in [0.29, 0.717) is 34.2 Å². The number of rotatable bonds is 5. The van der Waals surface area contributed by atoms with Crippen molar-refractivity contribution < 1.29 is 18.7 Å². The van der Waals surface area contributed by atoms with Crippen LogP contribution in [-0.4, -0.2) is 32.3 Å². The lowest BCUT2D eigenvalue weighted by Gasteiger charge is -2.12. The fourth-order valence-corrected chi connectivity index (χ4v) is 3.72. The molecule has 156 valence electrons. The molecular formula is C23H23ClN2O4. The molecule has 0 spiro atoms. The second-order valence-corrected chi connectivity index (χ2v) is 7.67. The van der Waals surface area contributed by atoms with E-state index in [1.165, 1.54) is 0 Å². The second kappa shape index (κ2) is 8.90. The number of amides is 1. The molecule has 0 bridgehead atoms. The first-order chi connectivity index (χ1) is 14.5. The molecule has 6 nitrogen and oxygen atoms in total. The molecule has 1 aliphatic heterocycles. The maximum Gasteiger partial charge on any atom is 0.256 e. The summed E-state index contributed by atoms with van der Waals surface area (Å²) < 4.78 is 17.1. The molecule has 0 saturated carbocycles. The van der Waals surface area contributed by atoms with Crippen LogP contribution in [0.25, 0.3) is 11.0 Å². The molecule has 30 heavy (non-hydrogen) atoms. The van der Waals surface area contributed by atoms with E-state index in [4.69, 9.17) is 25.5 Å².